The normalized spacial score (nSPS) is 17.2. The molecule has 2 aliphatic rings. The second kappa shape index (κ2) is 8.27. The Morgan fingerprint density at radius 2 is 1.84 bits per heavy atom. The highest BCUT2D eigenvalue weighted by Crippen LogP contribution is 2.39. The van der Waals surface area contributed by atoms with Crippen LogP contribution in [0.1, 0.15) is 42.9 Å². The number of rotatable bonds is 7. The lowest BCUT2D eigenvalue weighted by molar-refractivity contribution is 0.410. The molecule has 4 aromatic rings. The van der Waals surface area contributed by atoms with Gasteiger partial charge in [0, 0.05) is 49.6 Å². The largest absolute Gasteiger partial charge is 0.339 e. The third kappa shape index (κ3) is 4.05. The molecule has 0 amide bonds. The molecular formula is C24H28N8. The van der Waals surface area contributed by atoms with Crippen LogP contribution in [0, 0.1) is 0 Å². The quantitative estimate of drug-likeness (QED) is 0.415. The van der Waals surface area contributed by atoms with Gasteiger partial charge in [-0.3, -0.25) is 5.10 Å². The van der Waals surface area contributed by atoms with Crippen LogP contribution in [-0.2, 0) is 6.54 Å². The van der Waals surface area contributed by atoms with Crippen LogP contribution >= 0.6 is 0 Å². The minimum Gasteiger partial charge on any atom is -0.339 e. The van der Waals surface area contributed by atoms with E-state index in [1.165, 1.54) is 24.1 Å². The van der Waals surface area contributed by atoms with E-state index in [0.717, 1.165) is 55.6 Å². The fourth-order valence-corrected chi connectivity index (χ4v) is 4.42. The van der Waals surface area contributed by atoms with Crippen molar-refractivity contribution < 1.29 is 0 Å². The standard InChI is InChI=1S/C24H28N8/c1-2-5-17(6-3-1)16-25-19-10-13-31(14-11-19)24-27-23(21-7-4-12-32(21)30-24)26-22-15-20(28-29-22)18-8-9-18/h1-7,12,15,18-19,25H,8-11,13-14,16H2,(H2,26,27,28,29,30). The number of hydrogen-bond acceptors (Lipinski definition) is 6. The lowest BCUT2D eigenvalue weighted by Crippen LogP contribution is -2.43. The molecule has 1 aliphatic heterocycles. The van der Waals surface area contributed by atoms with Crippen LogP contribution in [0.25, 0.3) is 5.52 Å². The molecule has 1 saturated heterocycles. The van der Waals surface area contributed by atoms with E-state index in [9.17, 15) is 0 Å². The summed E-state index contributed by atoms with van der Waals surface area (Å²) in [6, 6.07) is 17.2. The lowest BCUT2D eigenvalue weighted by atomic mass is 10.0. The molecule has 8 nitrogen and oxygen atoms in total. The third-order valence-electron chi connectivity index (χ3n) is 6.46. The highest BCUT2D eigenvalue weighted by Gasteiger charge is 2.26. The molecule has 0 unspecified atom stereocenters. The van der Waals surface area contributed by atoms with Crippen LogP contribution < -0.4 is 15.5 Å². The Morgan fingerprint density at radius 3 is 2.66 bits per heavy atom. The Kier molecular flexibility index (Phi) is 4.99. The van der Waals surface area contributed by atoms with Crippen LogP contribution in [0.2, 0.25) is 0 Å². The van der Waals surface area contributed by atoms with E-state index in [-0.39, 0.29) is 0 Å². The Morgan fingerprint density at radius 1 is 1.00 bits per heavy atom. The maximum atomic E-state index is 4.89. The number of hydrogen-bond donors (Lipinski definition) is 3. The predicted octanol–water partition coefficient (Wildman–Crippen LogP) is 3.83. The predicted molar refractivity (Wildman–Crippen MR) is 125 cm³/mol. The van der Waals surface area contributed by atoms with E-state index in [1.54, 1.807) is 0 Å². The average molecular weight is 429 g/mol. The van der Waals surface area contributed by atoms with Crippen molar-refractivity contribution in [2.24, 2.45) is 0 Å². The molecule has 0 atom stereocenters. The summed E-state index contributed by atoms with van der Waals surface area (Å²) in [6.07, 6.45) is 6.62. The molecule has 3 N–H and O–H groups in total. The second-order valence-electron chi connectivity index (χ2n) is 8.83. The summed E-state index contributed by atoms with van der Waals surface area (Å²) in [5.74, 6) is 3.00. The van der Waals surface area contributed by atoms with Gasteiger partial charge in [-0.2, -0.15) is 10.1 Å². The van der Waals surface area contributed by atoms with Crippen LogP contribution in [0.3, 0.4) is 0 Å². The zero-order valence-corrected chi connectivity index (χ0v) is 18.0. The van der Waals surface area contributed by atoms with Crippen molar-refractivity contribution in [2.75, 3.05) is 23.3 Å². The molecule has 32 heavy (non-hydrogen) atoms. The summed E-state index contributed by atoms with van der Waals surface area (Å²) in [5.41, 5.74) is 3.48. The summed E-state index contributed by atoms with van der Waals surface area (Å²) in [6.45, 7) is 2.79. The monoisotopic (exact) mass is 428 g/mol. The van der Waals surface area contributed by atoms with E-state index in [1.807, 2.05) is 22.8 Å². The van der Waals surface area contributed by atoms with E-state index in [0.29, 0.717) is 12.0 Å². The molecule has 8 heteroatoms. The molecule has 1 aromatic carbocycles. The topological polar surface area (TPSA) is 86.2 Å². The van der Waals surface area contributed by atoms with Crippen molar-refractivity contribution in [2.45, 2.75) is 44.2 Å². The molecule has 164 valence electrons. The molecule has 3 aromatic heterocycles. The van der Waals surface area contributed by atoms with Gasteiger partial charge in [0.25, 0.3) is 0 Å². The Labute approximate surface area is 187 Å². The summed E-state index contributed by atoms with van der Waals surface area (Å²) in [4.78, 5) is 7.17. The van der Waals surface area contributed by atoms with Gasteiger partial charge in [-0.1, -0.05) is 30.3 Å². The average Bonchev–Trinajstić information content (AvgIpc) is 3.38. The van der Waals surface area contributed by atoms with Gasteiger partial charge < -0.3 is 15.5 Å². The number of H-pyrrole nitrogens is 1. The highest BCUT2D eigenvalue weighted by atomic mass is 15.4. The van der Waals surface area contributed by atoms with E-state index < -0.39 is 0 Å². The van der Waals surface area contributed by atoms with E-state index in [4.69, 9.17) is 10.1 Å². The fraction of sp³-hybridized carbons (Fsp3) is 0.375. The molecule has 0 bridgehead atoms. The van der Waals surface area contributed by atoms with Gasteiger partial charge in [0.15, 0.2) is 11.6 Å². The van der Waals surface area contributed by atoms with Crippen molar-refractivity contribution in [3.63, 3.8) is 0 Å². The molecule has 2 fully saturated rings. The zero-order chi connectivity index (χ0) is 21.3. The van der Waals surface area contributed by atoms with Gasteiger partial charge in [-0.25, -0.2) is 4.52 Å². The Hall–Kier alpha value is -3.39. The number of aromatic amines is 1. The van der Waals surface area contributed by atoms with Gasteiger partial charge >= 0.3 is 0 Å². The van der Waals surface area contributed by atoms with Gasteiger partial charge in [-0.05, 0) is 43.4 Å². The first-order valence-corrected chi connectivity index (χ1v) is 11.5. The molecule has 1 aliphatic carbocycles. The van der Waals surface area contributed by atoms with Gasteiger partial charge in [-0.15, -0.1) is 5.10 Å². The fourth-order valence-electron chi connectivity index (χ4n) is 4.42. The van der Waals surface area contributed by atoms with Crippen molar-refractivity contribution in [3.8, 4) is 0 Å². The number of piperidine rings is 1. The minimum atomic E-state index is 0.518. The summed E-state index contributed by atoms with van der Waals surface area (Å²) < 4.78 is 1.90. The SMILES string of the molecule is c1ccc(CNC2CCN(c3nc(Nc4cc(C5CC5)[nH]n4)c4cccn4n3)CC2)cc1. The maximum absolute atomic E-state index is 4.89. The maximum Gasteiger partial charge on any atom is 0.245 e. The van der Waals surface area contributed by atoms with Crippen LogP contribution in [0.15, 0.2) is 54.7 Å². The second-order valence-corrected chi connectivity index (χ2v) is 8.83. The first-order chi connectivity index (χ1) is 15.8. The van der Waals surface area contributed by atoms with Crippen molar-refractivity contribution in [1.82, 2.24) is 30.1 Å². The van der Waals surface area contributed by atoms with Gasteiger partial charge in [0.05, 0.1) is 0 Å². The van der Waals surface area contributed by atoms with E-state index in [2.05, 4.69) is 62.1 Å². The van der Waals surface area contributed by atoms with Gasteiger partial charge in [0.2, 0.25) is 5.95 Å². The molecule has 0 radical (unpaired) electrons. The number of benzene rings is 1. The molecule has 0 spiro atoms. The Bertz CT molecular complexity index is 1190. The van der Waals surface area contributed by atoms with Crippen LogP contribution in [0.4, 0.5) is 17.6 Å². The number of nitrogens with one attached hydrogen (secondary N) is 3. The highest BCUT2D eigenvalue weighted by molar-refractivity contribution is 5.73. The molecule has 1 saturated carbocycles. The number of nitrogens with zero attached hydrogens (tertiary/aromatic N) is 5. The van der Waals surface area contributed by atoms with Crippen LogP contribution in [0.5, 0.6) is 0 Å². The number of aromatic nitrogens is 5. The molecular weight excluding hydrogens is 400 g/mol. The summed E-state index contributed by atoms with van der Waals surface area (Å²) in [7, 11) is 0. The Balaban J connectivity index is 1.14. The smallest absolute Gasteiger partial charge is 0.245 e. The number of anilines is 3. The van der Waals surface area contributed by atoms with Crippen molar-refractivity contribution in [3.05, 3.63) is 66.0 Å². The number of fused-ring (bicyclic) bond motifs is 1. The lowest BCUT2D eigenvalue weighted by Gasteiger charge is -2.32. The van der Waals surface area contributed by atoms with Crippen LogP contribution in [-0.4, -0.2) is 43.9 Å². The zero-order valence-electron chi connectivity index (χ0n) is 18.0. The first-order valence-electron chi connectivity index (χ1n) is 11.5. The third-order valence-corrected chi connectivity index (χ3v) is 6.46. The van der Waals surface area contributed by atoms with Crippen molar-refractivity contribution in [1.29, 1.82) is 0 Å². The summed E-state index contributed by atoms with van der Waals surface area (Å²) >= 11 is 0. The first kappa shape index (κ1) is 19.3. The summed E-state index contributed by atoms with van der Waals surface area (Å²) in [5, 5.41) is 19.5. The van der Waals surface area contributed by atoms with E-state index >= 15 is 0 Å². The molecule has 4 heterocycles. The van der Waals surface area contributed by atoms with Gasteiger partial charge in [0.1, 0.15) is 5.52 Å². The minimum absolute atomic E-state index is 0.518. The molecule has 6 rings (SSSR count). The van der Waals surface area contributed by atoms with Crippen molar-refractivity contribution >= 4 is 23.1 Å².